The Morgan fingerprint density at radius 2 is 1.91 bits per heavy atom. The van der Waals surface area contributed by atoms with Gasteiger partial charge in [-0.1, -0.05) is 22.0 Å². The smallest absolute Gasteiger partial charge is 0.416 e. The number of fused-ring (bicyclic) bond motifs is 1. The summed E-state index contributed by atoms with van der Waals surface area (Å²) in [5.41, 5.74) is 0.756. The van der Waals surface area contributed by atoms with Crippen molar-refractivity contribution in [2.24, 2.45) is 4.99 Å². The maximum Gasteiger partial charge on any atom is 0.416 e. The van der Waals surface area contributed by atoms with Crippen molar-refractivity contribution >= 4 is 44.2 Å². The maximum atomic E-state index is 13.2. The van der Waals surface area contributed by atoms with Gasteiger partial charge < -0.3 is 14.8 Å². The Kier molecular flexibility index (Phi) is 6.54. The van der Waals surface area contributed by atoms with Crippen LogP contribution in [0.1, 0.15) is 27.2 Å². The van der Waals surface area contributed by atoms with Gasteiger partial charge in [0.1, 0.15) is 5.56 Å². The van der Waals surface area contributed by atoms with Crippen LogP contribution in [0.4, 0.5) is 24.5 Å². The first-order valence-corrected chi connectivity index (χ1v) is 10.8. The van der Waals surface area contributed by atoms with Crippen LogP contribution in [-0.4, -0.2) is 16.0 Å². The molecule has 34 heavy (non-hydrogen) atoms. The highest BCUT2D eigenvalue weighted by Crippen LogP contribution is 2.31. The normalized spacial score (nSPS) is 12.2. The average Bonchev–Trinajstić information content (AvgIpc) is 2.80. The molecule has 10 heteroatoms. The molecule has 0 aliphatic rings. The van der Waals surface area contributed by atoms with Crippen LogP contribution in [0.5, 0.6) is 0 Å². The number of aryl methyl sites for hydroxylation is 1. The van der Waals surface area contributed by atoms with Gasteiger partial charge in [-0.15, -0.1) is 0 Å². The predicted octanol–water partition coefficient (Wildman–Crippen LogP) is 5.89. The SMILES string of the molecule is Cc1ncc(CO)c2cc(C(=O)Nc3cccc(C(F)(F)F)c3)c(=Nc3ccc(Br)cc3)oc12. The average molecular weight is 532 g/mol. The number of rotatable bonds is 4. The number of halogens is 4. The summed E-state index contributed by atoms with van der Waals surface area (Å²) < 4.78 is 46.0. The molecule has 4 aromatic rings. The molecule has 1 amide bonds. The zero-order valence-corrected chi connectivity index (χ0v) is 19.2. The summed E-state index contributed by atoms with van der Waals surface area (Å²) in [5.74, 6) is -0.723. The molecule has 6 nitrogen and oxygen atoms in total. The minimum atomic E-state index is -4.55. The van der Waals surface area contributed by atoms with E-state index in [9.17, 15) is 23.1 Å². The van der Waals surface area contributed by atoms with Crippen LogP contribution in [0.3, 0.4) is 0 Å². The van der Waals surface area contributed by atoms with E-state index >= 15 is 0 Å². The number of pyridine rings is 1. The highest BCUT2D eigenvalue weighted by atomic mass is 79.9. The Morgan fingerprint density at radius 1 is 1.18 bits per heavy atom. The Labute approximate surface area is 199 Å². The van der Waals surface area contributed by atoms with E-state index in [1.165, 1.54) is 24.4 Å². The number of carbonyl (C=O) groups excluding carboxylic acids is 1. The second-order valence-electron chi connectivity index (χ2n) is 7.36. The quantitative estimate of drug-likeness (QED) is 0.343. The van der Waals surface area contributed by atoms with E-state index in [2.05, 4.69) is 31.2 Å². The second-order valence-corrected chi connectivity index (χ2v) is 8.27. The molecule has 0 radical (unpaired) electrons. The lowest BCUT2D eigenvalue weighted by molar-refractivity contribution is -0.137. The van der Waals surface area contributed by atoms with Crippen LogP contribution in [0.2, 0.25) is 0 Å². The molecule has 2 aromatic carbocycles. The third kappa shape index (κ3) is 5.02. The number of hydrogen-bond donors (Lipinski definition) is 2. The molecule has 2 N–H and O–H groups in total. The standard InChI is InChI=1S/C24H17BrF3N3O3/c1-13-21-19(14(12-32)11-29-13)10-20(23(34-21)31-17-7-5-16(25)6-8-17)22(33)30-18-4-2-3-15(9-18)24(26,27)28/h2-11,32H,12H2,1H3,(H,30,33). The Balaban J connectivity index is 1.87. The summed E-state index contributed by atoms with van der Waals surface area (Å²) in [6.07, 6.45) is -3.09. The van der Waals surface area contributed by atoms with E-state index in [-0.39, 0.29) is 23.4 Å². The van der Waals surface area contributed by atoms with E-state index in [0.717, 1.165) is 16.6 Å². The molecule has 2 heterocycles. The molecule has 0 spiro atoms. The lowest BCUT2D eigenvalue weighted by atomic mass is 10.1. The number of nitrogens with one attached hydrogen (secondary N) is 1. The molecular formula is C24H17BrF3N3O3. The molecule has 0 aliphatic carbocycles. The molecule has 174 valence electrons. The van der Waals surface area contributed by atoms with Gasteiger partial charge in [0.2, 0.25) is 5.55 Å². The number of aliphatic hydroxyl groups is 1. The number of aliphatic hydroxyl groups excluding tert-OH is 1. The van der Waals surface area contributed by atoms with Crippen LogP contribution in [0.25, 0.3) is 11.0 Å². The van der Waals surface area contributed by atoms with E-state index in [1.807, 2.05) is 0 Å². The fourth-order valence-electron chi connectivity index (χ4n) is 3.26. The molecule has 0 saturated heterocycles. The van der Waals surface area contributed by atoms with Gasteiger partial charge >= 0.3 is 6.18 Å². The van der Waals surface area contributed by atoms with Crippen molar-refractivity contribution in [2.45, 2.75) is 19.7 Å². The number of benzene rings is 2. The number of nitrogens with zero attached hydrogens (tertiary/aromatic N) is 2. The first-order chi connectivity index (χ1) is 16.2. The van der Waals surface area contributed by atoms with Gasteiger partial charge in [0.05, 0.1) is 23.6 Å². The zero-order chi connectivity index (χ0) is 24.5. The predicted molar refractivity (Wildman–Crippen MR) is 123 cm³/mol. The van der Waals surface area contributed by atoms with Crippen LogP contribution >= 0.6 is 15.9 Å². The molecule has 2 aromatic heterocycles. The van der Waals surface area contributed by atoms with Crippen molar-refractivity contribution in [3.05, 3.63) is 93.2 Å². The minimum absolute atomic E-state index is 0.0202. The summed E-state index contributed by atoms with van der Waals surface area (Å²) in [7, 11) is 0. The lowest BCUT2D eigenvalue weighted by Crippen LogP contribution is -2.22. The number of hydrogen-bond acceptors (Lipinski definition) is 5. The number of alkyl halides is 3. The van der Waals surface area contributed by atoms with Crippen molar-refractivity contribution in [1.82, 2.24) is 4.98 Å². The van der Waals surface area contributed by atoms with Crippen LogP contribution in [0, 0.1) is 6.92 Å². The second kappa shape index (κ2) is 9.40. The number of carbonyl (C=O) groups is 1. The fourth-order valence-corrected chi connectivity index (χ4v) is 3.53. The third-order valence-corrected chi connectivity index (χ3v) is 5.50. The van der Waals surface area contributed by atoms with E-state index in [4.69, 9.17) is 4.42 Å². The minimum Gasteiger partial charge on any atom is -0.436 e. The topological polar surface area (TPSA) is 87.7 Å². The lowest BCUT2D eigenvalue weighted by Gasteiger charge is -2.11. The molecule has 0 saturated carbocycles. The monoisotopic (exact) mass is 531 g/mol. The van der Waals surface area contributed by atoms with Gasteiger partial charge in [-0.25, -0.2) is 4.99 Å². The van der Waals surface area contributed by atoms with Gasteiger partial charge in [-0.3, -0.25) is 9.78 Å². The largest absolute Gasteiger partial charge is 0.436 e. The van der Waals surface area contributed by atoms with Gasteiger partial charge in [-0.2, -0.15) is 13.2 Å². The van der Waals surface area contributed by atoms with Crippen molar-refractivity contribution in [3.8, 4) is 0 Å². The third-order valence-electron chi connectivity index (χ3n) is 4.97. The van der Waals surface area contributed by atoms with Crippen molar-refractivity contribution in [2.75, 3.05) is 5.32 Å². The molecular weight excluding hydrogens is 515 g/mol. The van der Waals surface area contributed by atoms with Gasteiger partial charge in [0, 0.05) is 27.3 Å². The van der Waals surface area contributed by atoms with E-state index < -0.39 is 17.6 Å². The van der Waals surface area contributed by atoms with Crippen LogP contribution in [0.15, 0.2) is 74.7 Å². The van der Waals surface area contributed by atoms with Gasteiger partial charge in [0.15, 0.2) is 5.58 Å². The molecule has 0 bridgehead atoms. The molecule has 0 atom stereocenters. The summed E-state index contributed by atoms with van der Waals surface area (Å²) in [5, 5.41) is 12.6. The van der Waals surface area contributed by atoms with Crippen molar-refractivity contribution < 1.29 is 27.5 Å². The summed E-state index contributed by atoms with van der Waals surface area (Å²) in [6.45, 7) is 1.36. The summed E-state index contributed by atoms with van der Waals surface area (Å²) >= 11 is 3.34. The first-order valence-electron chi connectivity index (χ1n) is 9.98. The van der Waals surface area contributed by atoms with Gasteiger partial charge in [0.25, 0.3) is 5.91 Å². The molecule has 0 aliphatic heterocycles. The number of amides is 1. The Bertz CT molecular complexity index is 1450. The highest BCUT2D eigenvalue weighted by molar-refractivity contribution is 9.10. The van der Waals surface area contributed by atoms with Crippen molar-refractivity contribution in [3.63, 3.8) is 0 Å². The molecule has 0 unspecified atom stereocenters. The molecule has 0 fully saturated rings. The fraction of sp³-hybridized carbons (Fsp3) is 0.125. The highest BCUT2D eigenvalue weighted by Gasteiger charge is 2.30. The maximum absolute atomic E-state index is 13.2. The van der Waals surface area contributed by atoms with Crippen LogP contribution in [-0.2, 0) is 12.8 Å². The number of aromatic nitrogens is 1. The molecule has 4 rings (SSSR count). The number of anilines is 1. The van der Waals surface area contributed by atoms with Gasteiger partial charge in [-0.05, 0) is 55.5 Å². The summed E-state index contributed by atoms with van der Waals surface area (Å²) in [4.78, 5) is 21.8. The van der Waals surface area contributed by atoms with E-state index in [1.54, 1.807) is 31.2 Å². The summed E-state index contributed by atoms with van der Waals surface area (Å²) in [6, 6.07) is 12.7. The van der Waals surface area contributed by atoms with Crippen LogP contribution < -0.4 is 10.9 Å². The Hall–Kier alpha value is -3.50. The Morgan fingerprint density at radius 3 is 2.59 bits per heavy atom. The van der Waals surface area contributed by atoms with Crippen molar-refractivity contribution in [1.29, 1.82) is 0 Å². The zero-order valence-electron chi connectivity index (χ0n) is 17.7. The first kappa shape index (κ1) is 23.7. The van der Waals surface area contributed by atoms with E-state index in [0.29, 0.717) is 27.9 Å².